The zero-order valence-electron chi connectivity index (χ0n) is 14.5. The highest BCUT2D eigenvalue weighted by Gasteiger charge is 2.23. The maximum absolute atomic E-state index is 13.1. The van der Waals surface area contributed by atoms with Gasteiger partial charge in [-0.2, -0.15) is 0 Å². The first kappa shape index (κ1) is 19.6. The van der Waals surface area contributed by atoms with Gasteiger partial charge in [0.05, 0.1) is 22.0 Å². The molecule has 4 rings (SSSR count). The largest absolute Gasteiger partial charge is 0.293 e. The molecule has 0 amide bonds. The number of fused-ring (bicyclic) bond motifs is 1. The zero-order chi connectivity index (χ0) is 19.7. The van der Waals surface area contributed by atoms with Crippen LogP contribution in [0.25, 0.3) is 5.69 Å². The number of halogens is 2. The molecular weight excluding hydrogens is 435 g/mol. The predicted molar refractivity (Wildman–Crippen MR) is 116 cm³/mol. The molecule has 0 saturated heterocycles. The number of hydrogen-bond acceptors (Lipinski definition) is 5. The van der Waals surface area contributed by atoms with Crippen molar-refractivity contribution in [1.29, 1.82) is 0 Å². The minimum absolute atomic E-state index is 0.0477. The van der Waals surface area contributed by atoms with Gasteiger partial charge in [0.2, 0.25) is 0 Å². The lowest BCUT2D eigenvalue weighted by Gasteiger charge is -2.13. The summed E-state index contributed by atoms with van der Waals surface area (Å²) >= 11 is 14.7. The second-order valence-corrected chi connectivity index (χ2v) is 9.02. The summed E-state index contributed by atoms with van der Waals surface area (Å²) in [5, 5.41) is 1.68. The van der Waals surface area contributed by atoms with Gasteiger partial charge in [-0.1, -0.05) is 35.0 Å². The van der Waals surface area contributed by atoms with Gasteiger partial charge in [0.15, 0.2) is 10.9 Å². The normalized spacial score (nSPS) is 12.8. The van der Waals surface area contributed by atoms with E-state index in [4.69, 9.17) is 28.2 Å². The van der Waals surface area contributed by atoms with E-state index in [9.17, 15) is 9.59 Å². The van der Waals surface area contributed by atoms with E-state index >= 15 is 0 Å². The van der Waals surface area contributed by atoms with Crippen LogP contribution in [-0.2, 0) is 6.42 Å². The molecule has 142 valence electrons. The number of nitrogens with zero attached hydrogens (tertiary/aromatic N) is 2. The van der Waals surface area contributed by atoms with E-state index in [2.05, 4.69) is 0 Å². The molecule has 0 unspecified atom stereocenters. The SMILES string of the molecule is O=C(CSc1nc2c(c(=O)n1-c1ccc(Cl)cc1)SCC2)c1ccc(Cl)cc1. The smallest absolute Gasteiger partial charge is 0.272 e. The van der Waals surface area contributed by atoms with Crippen molar-refractivity contribution in [2.24, 2.45) is 0 Å². The Kier molecular flexibility index (Phi) is 5.83. The quantitative estimate of drug-likeness (QED) is 0.306. The molecule has 8 heteroatoms. The molecule has 0 aliphatic carbocycles. The highest BCUT2D eigenvalue weighted by molar-refractivity contribution is 8.00. The summed E-state index contributed by atoms with van der Waals surface area (Å²) in [6.07, 6.45) is 0.759. The number of aryl methyl sites for hydroxylation is 1. The van der Waals surface area contributed by atoms with Gasteiger partial charge >= 0.3 is 0 Å². The minimum atomic E-state index is -0.101. The van der Waals surface area contributed by atoms with Crippen molar-refractivity contribution in [2.45, 2.75) is 16.5 Å². The van der Waals surface area contributed by atoms with Crippen LogP contribution < -0.4 is 5.56 Å². The van der Waals surface area contributed by atoms with Crippen LogP contribution in [0, 0.1) is 0 Å². The number of ketones is 1. The number of hydrogen-bond donors (Lipinski definition) is 0. The van der Waals surface area contributed by atoms with E-state index < -0.39 is 0 Å². The first-order valence-electron chi connectivity index (χ1n) is 8.49. The van der Waals surface area contributed by atoms with Crippen LogP contribution in [0.5, 0.6) is 0 Å². The Labute approximate surface area is 180 Å². The molecular formula is C20H14Cl2N2O2S2. The van der Waals surface area contributed by atoms with Gasteiger partial charge in [-0.25, -0.2) is 4.98 Å². The number of thioether (sulfide) groups is 2. The Morgan fingerprint density at radius 2 is 1.71 bits per heavy atom. The van der Waals surface area contributed by atoms with Crippen LogP contribution >= 0.6 is 46.7 Å². The molecule has 0 radical (unpaired) electrons. The zero-order valence-corrected chi connectivity index (χ0v) is 17.7. The van der Waals surface area contributed by atoms with E-state index in [1.165, 1.54) is 23.5 Å². The Balaban J connectivity index is 1.68. The summed E-state index contributed by atoms with van der Waals surface area (Å²) in [7, 11) is 0. The van der Waals surface area contributed by atoms with E-state index in [1.807, 2.05) is 0 Å². The van der Waals surface area contributed by atoms with E-state index in [-0.39, 0.29) is 17.1 Å². The Morgan fingerprint density at radius 1 is 1.07 bits per heavy atom. The number of carbonyl (C=O) groups excluding carboxylic acids is 1. The Hall–Kier alpha value is -1.73. The van der Waals surface area contributed by atoms with Crippen LogP contribution in [0.1, 0.15) is 16.1 Å². The molecule has 0 spiro atoms. The predicted octanol–water partition coefficient (Wildman–Crippen LogP) is 5.16. The molecule has 0 saturated carbocycles. The average Bonchev–Trinajstić information content (AvgIpc) is 3.17. The molecule has 4 nitrogen and oxygen atoms in total. The van der Waals surface area contributed by atoms with Gasteiger partial charge in [-0.3, -0.25) is 14.2 Å². The van der Waals surface area contributed by atoms with Gasteiger partial charge in [-0.05, 0) is 48.5 Å². The lowest BCUT2D eigenvalue weighted by Crippen LogP contribution is -2.24. The van der Waals surface area contributed by atoms with Crippen LogP contribution in [0.15, 0.2) is 63.4 Å². The number of carbonyl (C=O) groups is 1. The van der Waals surface area contributed by atoms with Crippen LogP contribution in [-0.4, -0.2) is 26.8 Å². The lowest BCUT2D eigenvalue weighted by atomic mass is 10.1. The maximum atomic E-state index is 13.1. The molecule has 1 aliphatic rings. The van der Waals surface area contributed by atoms with Crippen LogP contribution in [0.2, 0.25) is 10.0 Å². The fourth-order valence-corrected chi connectivity index (χ4v) is 5.06. The molecule has 2 heterocycles. The van der Waals surface area contributed by atoms with Crippen molar-refractivity contribution >= 4 is 52.5 Å². The Morgan fingerprint density at radius 3 is 2.39 bits per heavy atom. The first-order chi connectivity index (χ1) is 13.5. The van der Waals surface area contributed by atoms with E-state index in [1.54, 1.807) is 53.1 Å². The molecule has 0 bridgehead atoms. The third-order valence-corrected chi connectivity index (χ3v) is 6.80. The van der Waals surface area contributed by atoms with Gasteiger partial charge < -0.3 is 0 Å². The topological polar surface area (TPSA) is 52.0 Å². The Bertz CT molecular complexity index is 1100. The van der Waals surface area contributed by atoms with Crippen molar-refractivity contribution in [3.05, 3.63) is 80.2 Å². The standard InChI is InChI=1S/C20H14Cl2N2O2S2/c21-13-3-1-12(2-4-13)17(25)11-28-20-23-16-9-10-27-18(16)19(26)24(20)15-7-5-14(22)6-8-15/h1-8H,9-11H2. The van der Waals surface area contributed by atoms with Crippen LogP contribution in [0.3, 0.4) is 0 Å². The van der Waals surface area contributed by atoms with Crippen molar-refractivity contribution < 1.29 is 4.79 Å². The van der Waals surface area contributed by atoms with E-state index in [0.717, 1.165) is 17.9 Å². The second-order valence-electron chi connectivity index (χ2n) is 6.10. The monoisotopic (exact) mass is 448 g/mol. The summed E-state index contributed by atoms with van der Waals surface area (Å²) in [5.41, 5.74) is 1.96. The van der Waals surface area contributed by atoms with Gasteiger partial charge in [0.1, 0.15) is 0 Å². The van der Waals surface area contributed by atoms with Crippen LogP contribution in [0.4, 0.5) is 0 Å². The third-order valence-electron chi connectivity index (χ3n) is 4.25. The van der Waals surface area contributed by atoms with Crippen molar-refractivity contribution in [3.8, 4) is 5.69 Å². The number of rotatable bonds is 5. The third kappa shape index (κ3) is 4.01. The molecule has 3 aromatic rings. The van der Waals surface area contributed by atoms with Crippen molar-refractivity contribution in [2.75, 3.05) is 11.5 Å². The lowest BCUT2D eigenvalue weighted by molar-refractivity contribution is 0.102. The minimum Gasteiger partial charge on any atom is -0.293 e. The van der Waals surface area contributed by atoms with Crippen molar-refractivity contribution in [3.63, 3.8) is 0 Å². The molecule has 2 aromatic carbocycles. The molecule has 0 fully saturated rings. The summed E-state index contributed by atoms with van der Waals surface area (Å²) in [5.74, 6) is 0.970. The number of benzene rings is 2. The summed E-state index contributed by atoms with van der Waals surface area (Å²) in [6.45, 7) is 0. The number of Topliss-reactive ketones (excluding diaryl/α,β-unsaturated/α-hetero) is 1. The van der Waals surface area contributed by atoms with Crippen molar-refractivity contribution in [1.82, 2.24) is 9.55 Å². The summed E-state index contributed by atoms with van der Waals surface area (Å²) in [4.78, 5) is 31.0. The molecule has 0 N–H and O–H groups in total. The highest BCUT2D eigenvalue weighted by Crippen LogP contribution is 2.30. The van der Waals surface area contributed by atoms with Gasteiger partial charge in [-0.15, -0.1) is 11.8 Å². The molecule has 28 heavy (non-hydrogen) atoms. The summed E-state index contributed by atoms with van der Waals surface area (Å²) in [6, 6.07) is 13.8. The second kappa shape index (κ2) is 8.33. The fraction of sp³-hybridized carbons (Fsp3) is 0.150. The maximum Gasteiger partial charge on any atom is 0.272 e. The first-order valence-corrected chi connectivity index (χ1v) is 11.2. The molecule has 1 aromatic heterocycles. The van der Waals surface area contributed by atoms with Gasteiger partial charge in [0.25, 0.3) is 5.56 Å². The molecule has 1 aliphatic heterocycles. The average molecular weight is 449 g/mol. The highest BCUT2D eigenvalue weighted by atomic mass is 35.5. The fourth-order valence-electron chi connectivity index (χ4n) is 2.86. The number of aromatic nitrogens is 2. The van der Waals surface area contributed by atoms with Gasteiger partial charge in [0, 0.05) is 27.8 Å². The summed E-state index contributed by atoms with van der Waals surface area (Å²) < 4.78 is 1.56. The molecule has 0 atom stereocenters. The van der Waals surface area contributed by atoms with E-state index in [0.29, 0.717) is 31.3 Å².